The van der Waals surface area contributed by atoms with E-state index < -0.39 is 0 Å². The Morgan fingerprint density at radius 2 is 1.74 bits per heavy atom. The number of carbonyl (C=O) groups is 1. The molecule has 0 unspecified atom stereocenters. The SMILES string of the molecule is Cc1ccc2c3c([nH]c2c1)C(C)(C)c1cc(SCCN(C(C)C)C(C)C)ccc1C3=O. The van der Waals surface area contributed by atoms with Gasteiger partial charge in [-0.3, -0.25) is 9.69 Å². The maximum atomic E-state index is 13.5. The summed E-state index contributed by atoms with van der Waals surface area (Å²) in [6, 6.07) is 13.8. The molecule has 4 rings (SSSR count). The number of carbonyl (C=O) groups excluding carboxylic acids is 1. The van der Waals surface area contributed by atoms with Crippen LogP contribution in [-0.2, 0) is 5.41 Å². The van der Waals surface area contributed by atoms with Crippen molar-refractivity contribution in [3.63, 3.8) is 0 Å². The van der Waals surface area contributed by atoms with Crippen LogP contribution in [0.2, 0.25) is 0 Å². The Morgan fingerprint density at radius 1 is 1.03 bits per heavy atom. The monoisotopic (exact) mass is 434 g/mol. The van der Waals surface area contributed by atoms with E-state index in [-0.39, 0.29) is 11.2 Å². The minimum absolute atomic E-state index is 0.141. The van der Waals surface area contributed by atoms with Crippen molar-refractivity contribution in [3.05, 3.63) is 64.3 Å². The highest BCUT2D eigenvalue weighted by Gasteiger charge is 2.39. The minimum atomic E-state index is -0.246. The van der Waals surface area contributed by atoms with E-state index >= 15 is 0 Å². The number of nitrogens with zero attached hydrogens (tertiary/aromatic N) is 1. The summed E-state index contributed by atoms with van der Waals surface area (Å²) in [5.74, 6) is 1.18. The van der Waals surface area contributed by atoms with Gasteiger partial charge >= 0.3 is 0 Å². The highest BCUT2D eigenvalue weighted by atomic mass is 32.2. The first-order valence-corrected chi connectivity index (χ1v) is 12.3. The van der Waals surface area contributed by atoms with E-state index in [2.05, 4.69) is 88.7 Å². The molecule has 1 N–H and O–H groups in total. The second-order valence-electron chi connectivity index (χ2n) is 9.86. The molecule has 3 aromatic rings. The number of hydrogen-bond acceptors (Lipinski definition) is 3. The van der Waals surface area contributed by atoms with Gasteiger partial charge in [-0.05, 0) is 70.0 Å². The Kier molecular flexibility index (Phi) is 5.82. The number of hydrogen-bond donors (Lipinski definition) is 1. The average molecular weight is 435 g/mol. The molecule has 0 radical (unpaired) electrons. The molecule has 4 heteroatoms. The van der Waals surface area contributed by atoms with E-state index in [1.54, 1.807) is 0 Å². The molecule has 164 valence electrons. The van der Waals surface area contributed by atoms with Gasteiger partial charge in [0.15, 0.2) is 5.78 Å². The maximum Gasteiger partial charge on any atom is 0.195 e. The van der Waals surface area contributed by atoms with Crippen LogP contribution in [0.25, 0.3) is 10.9 Å². The third-order valence-electron chi connectivity index (χ3n) is 6.66. The number of aryl methyl sites for hydroxylation is 1. The maximum absolute atomic E-state index is 13.5. The Balaban J connectivity index is 1.65. The molecule has 31 heavy (non-hydrogen) atoms. The largest absolute Gasteiger partial charge is 0.357 e. The zero-order valence-corrected chi connectivity index (χ0v) is 20.6. The van der Waals surface area contributed by atoms with Gasteiger partial charge in [0, 0.05) is 56.9 Å². The molecule has 0 fully saturated rings. The number of thioether (sulfide) groups is 1. The number of aromatic amines is 1. The summed E-state index contributed by atoms with van der Waals surface area (Å²) in [6.45, 7) is 16.7. The number of H-pyrrole nitrogens is 1. The van der Waals surface area contributed by atoms with Gasteiger partial charge in [0.05, 0.1) is 5.56 Å². The van der Waals surface area contributed by atoms with Crippen molar-refractivity contribution in [1.29, 1.82) is 0 Å². The Morgan fingerprint density at radius 3 is 2.42 bits per heavy atom. The van der Waals surface area contributed by atoms with Gasteiger partial charge in [0.2, 0.25) is 0 Å². The van der Waals surface area contributed by atoms with Crippen molar-refractivity contribution < 1.29 is 4.79 Å². The summed E-state index contributed by atoms with van der Waals surface area (Å²) < 4.78 is 0. The highest BCUT2D eigenvalue weighted by Crippen LogP contribution is 2.44. The molecule has 0 bridgehead atoms. The first kappa shape index (κ1) is 22.2. The Labute approximate surface area is 190 Å². The standard InChI is InChI=1S/C27H34N2OS/c1-16(2)29(17(3)4)12-13-31-19-9-11-20-22(15-19)27(6,7)26-24(25(20)30)21-10-8-18(5)14-23(21)28-26/h8-11,14-17,28H,12-13H2,1-7H3. The van der Waals surface area contributed by atoms with E-state index in [0.29, 0.717) is 12.1 Å². The molecule has 0 saturated carbocycles. The molecule has 0 spiro atoms. The molecule has 0 atom stereocenters. The van der Waals surface area contributed by atoms with Crippen LogP contribution in [0, 0.1) is 6.92 Å². The first-order chi connectivity index (χ1) is 14.6. The van der Waals surface area contributed by atoms with Crippen LogP contribution in [0.15, 0.2) is 41.3 Å². The van der Waals surface area contributed by atoms with Crippen LogP contribution in [0.1, 0.15) is 74.3 Å². The molecule has 0 amide bonds. The lowest BCUT2D eigenvalue weighted by Gasteiger charge is -2.32. The smallest absolute Gasteiger partial charge is 0.195 e. The van der Waals surface area contributed by atoms with Gasteiger partial charge in [-0.2, -0.15) is 0 Å². The molecule has 1 aliphatic carbocycles. The lowest BCUT2D eigenvalue weighted by Crippen LogP contribution is -2.38. The molecule has 3 nitrogen and oxygen atoms in total. The normalized spacial score (nSPS) is 15.2. The molecule has 0 aliphatic heterocycles. The topological polar surface area (TPSA) is 36.1 Å². The summed E-state index contributed by atoms with van der Waals surface area (Å²) in [5.41, 5.74) is 5.86. The molecular formula is C27H34N2OS. The number of fused-ring (bicyclic) bond motifs is 4. The lowest BCUT2D eigenvalue weighted by molar-refractivity contribution is 0.103. The van der Waals surface area contributed by atoms with Gasteiger partial charge in [-0.15, -0.1) is 11.8 Å². The number of ketones is 1. The quantitative estimate of drug-likeness (QED) is 0.446. The molecular weight excluding hydrogens is 400 g/mol. The fourth-order valence-corrected chi connectivity index (χ4v) is 5.90. The van der Waals surface area contributed by atoms with E-state index in [9.17, 15) is 4.79 Å². The molecule has 2 aromatic carbocycles. The highest BCUT2D eigenvalue weighted by molar-refractivity contribution is 7.99. The van der Waals surface area contributed by atoms with Crippen LogP contribution in [-0.4, -0.2) is 40.0 Å². The predicted octanol–water partition coefficient (Wildman–Crippen LogP) is 6.56. The van der Waals surface area contributed by atoms with Crippen molar-refractivity contribution in [1.82, 2.24) is 9.88 Å². The van der Waals surface area contributed by atoms with Crippen molar-refractivity contribution in [2.45, 2.75) is 70.9 Å². The van der Waals surface area contributed by atoms with Crippen molar-refractivity contribution in [3.8, 4) is 0 Å². The summed E-state index contributed by atoms with van der Waals surface area (Å²) in [4.78, 5) is 20.8. The van der Waals surface area contributed by atoms with Gasteiger partial charge in [-0.1, -0.05) is 26.0 Å². The number of benzene rings is 2. The summed E-state index contributed by atoms with van der Waals surface area (Å²) in [6.07, 6.45) is 0. The van der Waals surface area contributed by atoms with Gasteiger partial charge in [0.25, 0.3) is 0 Å². The number of nitrogens with one attached hydrogen (secondary N) is 1. The Hall–Kier alpha value is -2.04. The predicted molar refractivity (Wildman–Crippen MR) is 133 cm³/mol. The number of rotatable bonds is 6. The second kappa shape index (κ2) is 8.14. The number of aromatic nitrogens is 1. The summed E-state index contributed by atoms with van der Waals surface area (Å²) in [7, 11) is 0. The van der Waals surface area contributed by atoms with Crippen molar-refractivity contribution in [2.24, 2.45) is 0 Å². The molecule has 1 heterocycles. The van der Waals surface area contributed by atoms with E-state index in [1.807, 2.05) is 17.8 Å². The lowest BCUT2D eigenvalue weighted by atomic mass is 9.71. The van der Waals surface area contributed by atoms with Crippen molar-refractivity contribution in [2.75, 3.05) is 12.3 Å². The van der Waals surface area contributed by atoms with E-state index in [4.69, 9.17) is 0 Å². The van der Waals surface area contributed by atoms with Crippen LogP contribution < -0.4 is 0 Å². The van der Waals surface area contributed by atoms with Crippen LogP contribution in [0.4, 0.5) is 0 Å². The van der Waals surface area contributed by atoms with Crippen molar-refractivity contribution >= 4 is 28.4 Å². The zero-order valence-electron chi connectivity index (χ0n) is 19.8. The summed E-state index contributed by atoms with van der Waals surface area (Å²) in [5, 5.41) is 1.03. The van der Waals surface area contributed by atoms with Crippen LogP contribution in [0.5, 0.6) is 0 Å². The summed E-state index contributed by atoms with van der Waals surface area (Å²) >= 11 is 1.88. The van der Waals surface area contributed by atoms with Crippen LogP contribution in [0.3, 0.4) is 0 Å². The minimum Gasteiger partial charge on any atom is -0.357 e. The third kappa shape index (κ3) is 3.85. The average Bonchev–Trinajstić information content (AvgIpc) is 3.09. The fraction of sp³-hybridized carbons (Fsp3) is 0.444. The fourth-order valence-electron chi connectivity index (χ4n) is 5.00. The second-order valence-corrected chi connectivity index (χ2v) is 11.0. The molecule has 1 aromatic heterocycles. The Bertz CT molecular complexity index is 1130. The van der Waals surface area contributed by atoms with E-state index in [0.717, 1.165) is 45.6 Å². The zero-order chi connectivity index (χ0) is 22.5. The van der Waals surface area contributed by atoms with Gasteiger partial charge in [0.1, 0.15) is 0 Å². The van der Waals surface area contributed by atoms with Gasteiger partial charge in [-0.25, -0.2) is 0 Å². The van der Waals surface area contributed by atoms with Crippen LogP contribution >= 0.6 is 11.8 Å². The molecule has 1 aliphatic rings. The first-order valence-electron chi connectivity index (χ1n) is 11.3. The molecule has 0 saturated heterocycles. The van der Waals surface area contributed by atoms with Gasteiger partial charge < -0.3 is 4.98 Å². The van der Waals surface area contributed by atoms with E-state index in [1.165, 1.54) is 10.5 Å². The third-order valence-corrected chi connectivity index (χ3v) is 7.63.